The minimum Gasteiger partial charge on any atom is -0.352 e. The van der Waals surface area contributed by atoms with Crippen molar-refractivity contribution >= 4 is 45.1 Å². The van der Waals surface area contributed by atoms with Gasteiger partial charge >= 0.3 is 0 Å². The number of nitrogens with one attached hydrogen (secondary N) is 3. The van der Waals surface area contributed by atoms with Gasteiger partial charge in [0.2, 0.25) is 5.56 Å². The zero-order chi connectivity index (χ0) is 16.2. The van der Waals surface area contributed by atoms with Gasteiger partial charge in [-0.05, 0) is 56.5 Å². The van der Waals surface area contributed by atoms with Gasteiger partial charge < -0.3 is 15.6 Å². The first-order valence-corrected chi connectivity index (χ1v) is 8.74. The lowest BCUT2D eigenvalue weighted by Crippen LogP contribution is -2.33. The highest BCUT2D eigenvalue weighted by Crippen LogP contribution is 2.20. The first kappa shape index (κ1) is 19.0. The molecular formula is C17H21BrClN3O2. The standard InChI is InChI=1S/C17H20BrN3O2.ClH/c18-12-3-4-15-13(8-12)14(9-16(22)21-15)17(23)20-7-5-11-2-1-6-19-10-11;/h3-4,8-9,11,19H,1-2,5-7,10H2,(H,20,23)(H,21,22);1H. The molecule has 1 amide bonds. The minimum absolute atomic E-state index is 0. The number of rotatable bonds is 4. The number of aromatic amines is 1. The van der Waals surface area contributed by atoms with Crippen LogP contribution in [0.1, 0.15) is 29.6 Å². The molecule has 0 spiro atoms. The van der Waals surface area contributed by atoms with E-state index >= 15 is 0 Å². The number of H-pyrrole nitrogens is 1. The summed E-state index contributed by atoms with van der Waals surface area (Å²) in [6.45, 7) is 2.75. The molecule has 0 radical (unpaired) electrons. The first-order chi connectivity index (χ1) is 11.1. The molecule has 0 aliphatic carbocycles. The van der Waals surface area contributed by atoms with Crippen molar-refractivity contribution in [2.45, 2.75) is 19.3 Å². The molecule has 24 heavy (non-hydrogen) atoms. The molecular weight excluding hydrogens is 394 g/mol. The average Bonchev–Trinajstić information content (AvgIpc) is 2.55. The smallest absolute Gasteiger partial charge is 0.252 e. The van der Waals surface area contributed by atoms with Gasteiger partial charge in [-0.15, -0.1) is 12.4 Å². The molecule has 2 heterocycles. The number of pyridine rings is 1. The van der Waals surface area contributed by atoms with Crippen LogP contribution in [0.4, 0.5) is 0 Å². The highest BCUT2D eigenvalue weighted by molar-refractivity contribution is 9.10. The Labute approximate surface area is 155 Å². The third-order valence-electron chi connectivity index (χ3n) is 4.29. The summed E-state index contributed by atoms with van der Waals surface area (Å²) in [7, 11) is 0. The van der Waals surface area contributed by atoms with Crippen LogP contribution in [-0.2, 0) is 0 Å². The second-order valence-corrected chi connectivity index (χ2v) is 6.91. The predicted molar refractivity (Wildman–Crippen MR) is 102 cm³/mol. The Kier molecular flexibility index (Phi) is 6.83. The lowest BCUT2D eigenvalue weighted by Gasteiger charge is -2.22. The van der Waals surface area contributed by atoms with Crippen molar-refractivity contribution in [2.24, 2.45) is 5.92 Å². The van der Waals surface area contributed by atoms with E-state index in [0.29, 0.717) is 23.5 Å². The maximum Gasteiger partial charge on any atom is 0.252 e. The van der Waals surface area contributed by atoms with Gasteiger partial charge in [-0.25, -0.2) is 0 Å². The van der Waals surface area contributed by atoms with E-state index < -0.39 is 0 Å². The van der Waals surface area contributed by atoms with Gasteiger partial charge in [0.05, 0.1) is 5.56 Å². The second-order valence-electron chi connectivity index (χ2n) is 5.99. The van der Waals surface area contributed by atoms with Crippen LogP contribution in [0.25, 0.3) is 10.9 Å². The Morgan fingerprint density at radius 3 is 2.92 bits per heavy atom. The van der Waals surface area contributed by atoms with Gasteiger partial charge in [-0.1, -0.05) is 15.9 Å². The third-order valence-corrected chi connectivity index (χ3v) is 4.78. The molecule has 1 fully saturated rings. The number of benzene rings is 1. The zero-order valence-corrected chi connectivity index (χ0v) is 15.6. The number of hydrogen-bond acceptors (Lipinski definition) is 3. The fraction of sp³-hybridized carbons (Fsp3) is 0.412. The molecule has 1 aromatic heterocycles. The summed E-state index contributed by atoms with van der Waals surface area (Å²) in [5.41, 5.74) is 0.829. The normalized spacial score (nSPS) is 17.3. The van der Waals surface area contributed by atoms with Gasteiger partial charge in [0.25, 0.3) is 5.91 Å². The maximum atomic E-state index is 12.5. The second kappa shape index (κ2) is 8.65. The Hall–Kier alpha value is -1.37. The van der Waals surface area contributed by atoms with E-state index in [4.69, 9.17) is 0 Å². The number of hydrogen-bond donors (Lipinski definition) is 3. The fourth-order valence-corrected chi connectivity index (χ4v) is 3.43. The topological polar surface area (TPSA) is 74.0 Å². The minimum atomic E-state index is -0.263. The fourth-order valence-electron chi connectivity index (χ4n) is 3.07. The molecule has 1 atom stereocenters. The molecule has 1 aliphatic heterocycles. The van der Waals surface area contributed by atoms with Crippen LogP contribution in [0.5, 0.6) is 0 Å². The lowest BCUT2D eigenvalue weighted by molar-refractivity contribution is 0.0952. The molecule has 2 aromatic rings. The molecule has 3 rings (SSSR count). The van der Waals surface area contributed by atoms with Crippen LogP contribution >= 0.6 is 28.3 Å². The largest absolute Gasteiger partial charge is 0.352 e. The van der Waals surface area contributed by atoms with Crippen LogP contribution < -0.4 is 16.2 Å². The van der Waals surface area contributed by atoms with E-state index in [1.54, 1.807) is 6.07 Å². The van der Waals surface area contributed by atoms with Crippen molar-refractivity contribution < 1.29 is 4.79 Å². The van der Waals surface area contributed by atoms with E-state index in [-0.39, 0.29) is 23.9 Å². The summed E-state index contributed by atoms with van der Waals surface area (Å²) >= 11 is 3.41. The van der Waals surface area contributed by atoms with Crippen molar-refractivity contribution in [3.05, 3.63) is 44.7 Å². The van der Waals surface area contributed by atoms with E-state index in [1.807, 2.05) is 12.1 Å². The molecule has 1 unspecified atom stereocenters. The van der Waals surface area contributed by atoms with Crippen LogP contribution in [-0.4, -0.2) is 30.5 Å². The molecule has 1 saturated heterocycles. The lowest BCUT2D eigenvalue weighted by atomic mass is 9.96. The molecule has 130 valence electrons. The SMILES string of the molecule is Cl.O=C(NCCC1CCCNC1)c1cc(=O)[nH]c2ccc(Br)cc12. The first-order valence-electron chi connectivity index (χ1n) is 7.95. The summed E-state index contributed by atoms with van der Waals surface area (Å²) in [5, 5.41) is 7.08. The van der Waals surface area contributed by atoms with E-state index in [1.165, 1.54) is 18.9 Å². The predicted octanol–water partition coefficient (Wildman–Crippen LogP) is 2.83. The maximum absolute atomic E-state index is 12.5. The van der Waals surface area contributed by atoms with Gasteiger partial charge in [0, 0.05) is 28.0 Å². The molecule has 1 aliphatic rings. The number of fused-ring (bicyclic) bond motifs is 1. The molecule has 7 heteroatoms. The van der Waals surface area contributed by atoms with Crippen molar-refractivity contribution in [1.29, 1.82) is 0 Å². The number of carbonyl (C=O) groups is 1. The van der Waals surface area contributed by atoms with Gasteiger partial charge in [0.1, 0.15) is 0 Å². The third kappa shape index (κ3) is 4.59. The zero-order valence-electron chi connectivity index (χ0n) is 13.2. The van der Waals surface area contributed by atoms with Crippen LogP contribution in [0, 0.1) is 5.92 Å². The Morgan fingerprint density at radius 2 is 2.17 bits per heavy atom. The quantitative estimate of drug-likeness (QED) is 0.720. The number of carbonyl (C=O) groups excluding carboxylic acids is 1. The molecule has 1 aromatic carbocycles. The number of aromatic nitrogens is 1. The number of amides is 1. The number of halogens is 2. The molecule has 3 N–H and O–H groups in total. The van der Waals surface area contributed by atoms with Crippen molar-refractivity contribution in [1.82, 2.24) is 15.6 Å². The summed E-state index contributed by atoms with van der Waals surface area (Å²) in [4.78, 5) is 27.0. The van der Waals surface area contributed by atoms with E-state index in [0.717, 1.165) is 29.4 Å². The molecule has 0 saturated carbocycles. The van der Waals surface area contributed by atoms with Gasteiger partial charge in [-0.2, -0.15) is 0 Å². The van der Waals surface area contributed by atoms with Crippen molar-refractivity contribution in [3.8, 4) is 0 Å². The number of piperidine rings is 1. The average molecular weight is 415 g/mol. The Balaban J connectivity index is 0.00000208. The summed E-state index contributed by atoms with van der Waals surface area (Å²) in [6, 6.07) is 6.86. The van der Waals surface area contributed by atoms with Crippen molar-refractivity contribution in [3.63, 3.8) is 0 Å². The Bertz CT molecular complexity index is 772. The van der Waals surface area contributed by atoms with E-state index in [2.05, 4.69) is 31.5 Å². The highest BCUT2D eigenvalue weighted by atomic mass is 79.9. The van der Waals surface area contributed by atoms with Crippen molar-refractivity contribution in [2.75, 3.05) is 19.6 Å². The monoisotopic (exact) mass is 413 g/mol. The molecule has 0 bridgehead atoms. The van der Waals surface area contributed by atoms with Gasteiger partial charge in [0.15, 0.2) is 0 Å². The summed E-state index contributed by atoms with van der Waals surface area (Å²) < 4.78 is 0.874. The van der Waals surface area contributed by atoms with E-state index in [9.17, 15) is 9.59 Å². The van der Waals surface area contributed by atoms with Crippen LogP contribution in [0.3, 0.4) is 0 Å². The molecule has 5 nitrogen and oxygen atoms in total. The van der Waals surface area contributed by atoms with Crippen LogP contribution in [0.15, 0.2) is 33.5 Å². The Morgan fingerprint density at radius 1 is 1.33 bits per heavy atom. The van der Waals surface area contributed by atoms with Gasteiger partial charge in [-0.3, -0.25) is 9.59 Å². The summed E-state index contributed by atoms with van der Waals surface area (Å²) in [6.07, 6.45) is 3.37. The highest BCUT2D eigenvalue weighted by Gasteiger charge is 2.15. The van der Waals surface area contributed by atoms with Crippen LogP contribution in [0.2, 0.25) is 0 Å². The summed E-state index contributed by atoms with van der Waals surface area (Å²) in [5.74, 6) is 0.428.